The van der Waals surface area contributed by atoms with E-state index >= 15 is 0 Å². The maximum Gasteiger partial charge on any atom is 0.0453 e. The average molecular weight is 258 g/mol. The molecule has 0 amide bonds. The van der Waals surface area contributed by atoms with Gasteiger partial charge in [-0.05, 0) is 42.9 Å². The molecule has 1 aliphatic rings. The van der Waals surface area contributed by atoms with Gasteiger partial charge in [0.25, 0.3) is 0 Å². The molecule has 88 valence electrons. The second kappa shape index (κ2) is 5.39. The van der Waals surface area contributed by atoms with Gasteiger partial charge in [-0.2, -0.15) is 0 Å². The summed E-state index contributed by atoms with van der Waals surface area (Å²) in [5, 5.41) is 1.41. The molecule has 1 aliphatic carbocycles. The third kappa shape index (κ3) is 3.65. The van der Waals surface area contributed by atoms with Crippen molar-refractivity contribution in [3.8, 4) is 0 Å². The van der Waals surface area contributed by atoms with Crippen LogP contribution >= 0.6 is 23.2 Å². The number of benzene rings is 1. The van der Waals surface area contributed by atoms with Crippen molar-refractivity contribution in [2.75, 3.05) is 0 Å². The maximum atomic E-state index is 6.11. The Morgan fingerprint density at radius 2 is 2.06 bits per heavy atom. The molecule has 0 spiro atoms. The summed E-state index contributed by atoms with van der Waals surface area (Å²) in [6.45, 7) is 0. The fraction of sp³-hybridized carbons (Fsp3) is 0.538. The van der Waals surface area contributed by atoms with Crippen LogP contribution in [0.3, 0.4) is 0 Å². The third-order valence-electron chi connectivity index (χ3n) is 3.14. The highest BCUT2D eigenvalue weighted by Gasteiger charge is 2.21. The monoisotopic (exact) mass is 257 g/mol. The van der Waals surface area contributed by atoms with Gasteiger partial charge >= 0.3 is 0 Å². The molecule has 16 heavy (non-hydrogen) atoms. The van der Waals surface area contributed by atoms with Crippen LogP contribution < -0.4 is 5.73 Å². The summed E-state index contributed by atoms with van der Waals surface area (Å²) < 4.78 is 0. The molecule has 3 heteroatoms. The number of hydrogen-bond acceptors (Lipinski definition) is 1. The summed E-state index contributed by atoms with van der Waals surface area (Å²) in [6.07, 6.45) is 6.02. The molecule has 0 saturated heterocycles. The van der Waals surface area contributed by atoms with Crippen molar-refractivity contribution in [3.05, 3.63) is 33.8 Å². The molecule has 2 rings (SSSR count). The molecule has 0 aromatic heterocycles. The summed E-state index contributed by atoms with van der Waals surface area (Å²) in [5.41, 5.74) is 7.20. The van der Waals surface area contributed by atoms with Crippen LogP contribution in [0.1, 0.15) is 31.2 Å². The van der Waals surface area contributed by atoms with Gasteiger partial charge in [-0.25, -0.2) is 0 Å². The highest BCUT2D eigenvalue weighted by Crippen LogP contribution is 2.34. The Bertz CT molecular complexity index is 361. The van der Waals surface area contributed by atoms with Gasteiger partial charge in [0, 0.05) is 16.1 Å². The Morgan fingerprint density at radius 3 is 2.69 bits per heavy atom. The van der Waals surface area contributed by atoms with E-state index < -0.39 is 0 Å². The first-order valence-electron chi connectivity index (χ1n) is 5.84. The predicted molar refractivity (Wildman–Crippen MR) is 70.1 cm³/mol. The van der Waals surface area contributed by atoms with Crippen LogP contribution in [0.5, 0.6) is 0 Å². The molecule has 1 aromatic carbocycles. The lowest BCUT2D eigenvalue weighted by atomic mass is 10.0. The Hall–Kier alpha value is -0.240. The van der Waals surface area contributed by atoms with Crippen molar-refractivity contribution in [1.82, 2.24) is 0 Å². The maximum absolute atomic E-state index is 6.11. The van der Waals surface area contributed by atoms with Crippen molar-refractivity contribution < 1.29 is 0 Å². The van der Waals surface area contributed by atoms with Gasteiger partial charge in [0.15, 0.2) is 0 Å². The van der Waals surface area contributed by atoms with E-state index in [2.05, 4.69) is 0 Å². The first-order chi connectivity index (χ1) is 7.65. The van der Waals surface area contributed by atoms with E-state index in [4.69, 9.17) is 28.9 Å². The van der Waals surface area contributed by atoms with E-state index in [0.717, 1.165) is 29.3 Å². The summed E-state index contributed by atoms with van der Waals surface area (Å²) in [6, 6.07) is 5.85. The van der Waals surface area contributed by atoms with E-state index in [1.54, 1.807) is 6.07 Å². The minimum absolute atomic E-state index is 0.222. The van der Waals surface area contributed by atoms with E-state index in [9.17, 15) is 0 Å². The Kier molecular flexibility index (Phi) is 4.12. The smallest absolute Gasteiger partial charge is 0.0453 e. The lowest BCUT2D eigenvalue weighted by Crippen LogP contribution is -2.23. The minimum Gasteiger partial charge on any atom is -0.327 e. The average Bonchev–Trinajstić information content (AvgIpc) is 3.03. The zero-order valence-electron chi connectivity index (χ0n) is 9.26. The summed E-state index contributed by atoms with van der Waals surface area (Å²) in [4.78, 5) is 0. The number of rotatable bonds is 5. The van der Waals surface area contributed by atoms with E-state index in [0.29, 0.717) is 5.02 Å². The molecule has 1 unspecified atom stereocenters. The van der Waals surface area contributed by atoms with Crippen LogP contribution in [0, 0.1) is 5.92 Å². The van der Waals surface area contributed by atoms with Crippen LogP contribution in [0.25, 0.3) is 0 Å². The predicted octanol–water partition coefficient (Wildman–Crippen LogP) is 4.05. The highest BCUT2D eigenvalue weighted by atomic mass is 35.5. The zero-order valence-corrected chi connectivity index (χ0v) is 10.8. The van der Waals surface area contributed by atoms with Crippen molar-refractivity contribution >= 4 is 23.2 Å². The fourth-order valence-electron chi connectivity index (χ4n) is 1.93. The van der Waals surface area contributed by atoms with Gasteiger partial charge in [-0.15, -0.1) is 0 Å². The topological polar surface area (TPSA) is 26.0 Å². The lowest BCUT2D eigenvalue weighted by molar-refractivity contribution is 0.551. The SMILES string of the molecule is NC(CCC1CC1)Cc1ccc(Cl)cc1Cl. The highest BCUT2D eigenvalue weighted by molar-refractivity contribution is 6.35. The molecular formula is C13H17Cl2N. The molecule has 1 nitrogen and oxygen atoms in total. The van der Waals surface area contributed by atoms with Gasteiger partial charge in [-0.3, -0.25) is 0 Å². The van der Waals surface area contributed by atoms with Crippen molar-refractivity contribution in [2.45, 2.75) is 38.1 Å². The molecule has 1 saturated carbocycles. The standard InChI is InChI=1S/C13H17Cl2N/c14-11-5-4-10(13(15)8-11)7-12(16)6-3-9-1-2-9/h4-5,8-9,12H,1-3,6-7,16H2. The third-order valence-corrected chi connectivity index (χ3v) is 3.73. The summed E-state index contributed by atoms with van der Waals surface area (Å²) in [5.74, 6) is 0.951. The minimum atomic E-state index is 0.222. The Morgan fingerprint density at radius 1 is 1.31 bits per heavy atom. The van der Waals surface area contributed by atoms with E-state index in [1.165, 1.54) is 19.3 Å². The van der Waals surface area contributed by atoms with Crippen LogP contribution in [0.4, 0.5) is 0 Å². The van der Waals surface area contributed by atoms with Gasteiger partial charge < -0.3 is 5.73 Å². The summed E-state index contributed by atoms with van der Waals surface area (Å²) in [7, 11) is 0. The molecule has 1 fully saturated rings. The second-order valence-corrected chi connectivity index (χ2v) is 5.56. The lowest BCUT2D eigenvalue weighted by Gasteiger charge is -2.12. The van der Waals surface area contributed by atoms with Crippen LogP contribution in [0.2, 0.25) is 10.0 Å². The molecule has 0 aliphatic heterocycles. The van der Waals surface area contributed by atoms with E-state index in [1.807, 2.05) is 12.1 Å². The fourth-order valence-corrected chi connectivity index (χ4v) is 2.41. The van der Waals surface area contributed by atoms with E-state index in [-0.39, 0.29) is 6.04 Å². The zero-order chi connectivity index (χ0) is 11.5. The Labute approximate surface area is 107 Å². The Balaban J connectivity index is 1.86. The van der Waals surface area contributed by atoms with Crippen LogP contribution in [0.15, 0.2) is 18.2 Å². The van der Waals surface area contributed by atoms with Gasteiger partial charge in [0.1, 0.15) is 0 Å². The van der Waals surface area contributed by atoms with Crippen LogP contribution in [-0.2, 0) is 6.42 Å². The number of hydrogen-bond donors (Lipinski definition) is 1. The molecule has 0 heterocycles. The summed E-state index contributed by atoms with van der Waals surface area (Å²) >= 11 is 12.0. The van der Waals surface area contributed by atoms with Gasteiger partial charge in [-0.1, -0.05) is 42.1 Å². The number of nitrogens with two attached hydrogens (primary N) is 1. The van der Waals surface area contributed by atoms with Crippen molar-refractivity contribution in [2.24, 2.45) is 11.7 Å². The molecule has 2 N–H and O–H groups in total. The molecule has 1 atom stereocenters. The molecule has 1 aromatic rings. The van der Waals surface area contributed by atoms with Crippen molar-refractivity contribution in [3.63, 3.8) is 0 Å². The molecular weight excluding hydrogens is 241 g/mol. The quantitative estimate of drug-likeness (QED) is 0.847. The van der Waals surface area contributed by atoms with Crippen molar-refractivity contribution in [1.29, 1.82) is 0 Å². The van der Waals surface area contributed by atoms with Gasteiger partial charge in [0.2, 0.25) is 0 Å². The molecule has 0 radical (unpaired) electrons. The second-order valence-electron chi connectivity index (χ2n) is 4.72. The molecule has 0 bridgehead atoms. The first kappa shape index (κ1) is 12.2. The first-order valence-corrected chi connectivity index (χ1v) is 6.60. The van der Waals surface area contributed by atoms with Crippen LogP contribution in [-0.4, -0.2) is 6.04 Å². The van der Waals surface area contributed by atoms with Gasteiger partial charge in [0.05, 0.1) is 0 Å². The number of halogens is 2. The normalized spacial score (nSPS) is 17.4. The largest absolute Gasteiger partial charge is 0.327 e.